The third-order valence-corrected chi connectivity index (χ3v) is 3.90. The number of nitrogens with two attached hydrogens (primary N) is 1. The molecule has 1 rings (SSSR count). The van der Waals surface area contributed by atoms with Gasteiger partial charge in [0, 0.05) is 12.6 Å². The summed E-state index contributed by atoms with van der Waals surface area (Å²) in [6, 6.07) is 4.26. The molecule has 0 bridgehead atoms. The van der Waals surface area contributed by atoms with Gasteiger partial charge in [-0.2, -0.15) is 0 Å². The highest BCUT2D eigenvalue weighted by Gasteiger charge is 2.25. The Morgan fingerprint density at radius 1 is 1.43 bits per heavy atom. The van der Waals surface area contributed by atoms with Gasteiger partial charge < -0.3 is 10.7 Å². The van der Waals surface area contributed by atoms with Gasteiger partial charge >= 0.3 is 0 Å². The Hall–Kier alpha value is -2.15. The van der Waals surface area contributed by atoms with Crippen LogP contribution in [-0.2, 0) is 0 Å². The summed E-state index contributed by atoms with van der Waals surface area (Å²) >= 11 is 0. The van der Waals surface area contributed by atoms with Crippen LogP contribution in [0, 0.1) is 21.4 Å². The third kappa shape index (κ3) is 3.91. The molecule has 116 valence electrons. The van der Waals surface area contributed by atoms with Gasteiger partial charge in [-0.25, -0.2) is 0 Å². The number of nitrogen functional groups attached to an aromatic ring is 1. The second-order valence-electron chi connectivity index (χ2n) is 5.93. The van der Waals surface area contributed by atoms with E-state index < -0.39 is 4.92 Å². The highest BCUT2D eigenvalue weighted by atomic mass is 16.6. The number of anilines is 1. The zero-order valence-electron chi connectivity index (χ0n) is 12.8. The summed E-state index contributed by atoms with van der Waals surface area (Å²) in [6.45, 7) is 8.72. The molecular formula is C14H22N4O3. The first-order chi connectivity index (χ1) is 9.70. The topological polar surface area (TPSA) is 110 Å². The highest BCUT2D eigenvalue weighted by Crippen LogP contribution is 2.28. The highest BCUT2D eigenvalue weighted by molar-refractivity contribution is 6.01. The van der Waals surface area contributed by atoms with E-state index in [0.29, 0.717) is 12.5 Å². The number of amides is 1. The van der Waals surface area contributed by atoms with Crippen LogP contribution >= 0.6 is 0 Å². The van der Waals surface area contributed by atoms with Crippen molar-refractivity contribution in [2.45, 2.75) is 27.7 Å². The van der Waals surface area contributed by atoms with E-state index in [9.17, 15) is 14.9 Å². The summed E-state index contributed by atoms with van der Waals surface area (Å²) in [5.41, 5.74) is 2.11. The molecule has 1 amide bonds. The van der Waals surface area contributed by atoms with Crippen molar-refractivity contribution in [3.05, 3.63) is 33.9 Å². The number of hydrazine groups is 1. The van der Waals surface area contributed by atoms with E-state index in [2.05, 4.69) is 24.6 Å². The van der Waals surface area contributed by atoms with Crippen LogP contribution in [0.5, 0.6) is 0 Å². The monoisotopic (exact) mass is 294 g/mol. The zero-order chi connectivity index (χ0) is 16.2. The Labute approximate surface area is 124 Å². The molecule has 0 unspecified atom stereocenters. The van der Waals surface area contributed by atoms with Crippen LogP contribution in [0.4, 0.5) is 11.4 Å². The van der Waals surface area contributed by atoms with E-state index in [0.717, 1.165) is 0 Å². The van der Waals surface area contributed by atoms with Crippen LogP contribution in [0.15, 0.2) is 18.2 Å². The first-order valence-corrected chi connectivity index (χ1v) is 6.73. The Morgan fingerprint density at radius 3 is 2.52 bits per heavy atom. The maximum atomic E-state index is 12.2. The van der Waals surface area contributed by atoms with Crippen LogP contribution < -0.4 is 16.6 Å². The molecule has 0 radical (unpaired) electrons. The second-order valence-corrected chi connectivity index (χ2v) is 5.93. The fraction of sp³-hybridized carbons (Fsp3) is 0.500. The predicted molar refractivity (Wildman–Crippen MR) is 81.9 cm³/mol. The molecule has 0 saturated carbocycles. The second kappa shape index (κ2) is 6.53. The van der Waals surface area contributed by atoms with Crippen LogP contribution in [-0.4, -0.2) is 17.4 Å². The van der Waals surface area contributed by atoms with Gasteiger partial charge in [-0.05, 0) is 17.4 Å². The van der Waals surface area contributed by atoms with E-state index >= 15 is 0 Å². The fourth-order valence-electron chi connectivity index (χ4n) is 1.64. The molecule has 0 aliphatic heterocycles. The first kappa shape index (κ1) is 16.9. The molecule has 7 heteroatoms. The van der Waals surface area contributed by atoms with E-state index in [1.54, 1.807) is 0 Å². The van der Waals surface area contributed by atoms with Crippen molar-refractivity contribution in [3.63, 3.8) is 0 Å². The Morgan fingerprint density at radius 2 is 2.05 bits per heavy atom. The van der Waals surface area contributed by atoms with Gasteiger partial charge in [-0.15, -0.1) is 0 Å². The minimum Gasteiger partial charge on any atom is -0.351 e. The van der Waals surface area contributed by atoms with Crippen molar-refractivity contribution < 1.29 is 9.72 Å². The molecule has 0 aliphatic carbocycles. The van der Waals surface area contributed by atoms with E-state index in [4.69, 9.17) is 5.84 Å². The summed E-state index contributed by atoms with van der Waals surface area (Å²) in [6.07, 6.45) is 0. The standard InChI is InChI=1S/C14H22N4O3/c1-9(2)14(3,4)8-16-13(19)10-6-5-7-11(18(20)21)12(10)17-15/h5-7,9,17H,8,15H2,1-4H3,(H,16,19). The number of hydrogen-bond donors (Lipinski definition) is 3. The number of nitro benzene ring substituents is 1. The van der Waals surface area contributed by atoms with Crippen LogP contribution in [0.3, 0.4) is 0 Å². The Kier molecular flexibility index (Phi) is 5.26. The Balaban J connectivity index is 2.98. The lowest BCUT2D eigenvalue weighted by Gasteiger charge is -2.29. The van der Waals surface area contributed by atoms with Gasteiger partial charge in [0.2, 0.25) is 0 Å². The molecule has 4 N–H and O–H groups in total. The van der Waals surface area contributed by atoms with Crippen molar-refractivity contribution in [2.75, 3.05) is 12.0 Å². The fourth-order valence-corrected chi connectivity index (χ4v) is 1.64. The van der Waals surface area contributed by atoms with Crippen LogP contribution in [0.1, 0.15) is 38.1 Å². The molecule has 0 heterocycles. The quantitative estimate of drug-likeness (QED) is 0.423. The largest absolute Gasteiger partial charge is 0.351 e. The summed E-state index contributed by atoms with van der Waals surface area (Å²) in [5.74, 6) is 5.32. The average molecular weight is 294 g/mol. The lowest BCUT2D eigenvalue weighted by Crippen LogP contribution is -2.37. The SMILES string of the molecule is CC(C)C(C)(C)CNC(=O)c1cccc([N+](=O)[O-])c1NN. The minimum atomic E-state index is -0.579. The lowest BCUT2D eigenvalue weighted by atomic mass is 9.81. The average Bonchev–Trinajstić information content (AvgIpc) is 2.43. The van der Waals surface area contributed by atoms with Crippen molar-refractivity contribution in [1.82, 2.24) is 5.32 Å². The van der Waals surface area contributed by atoms with Gasteiger partial charge in [0.25, 0.3) is 11.6 Å². The number of carbonyl (C=O) groups is 1. The molecule has 0 aromatic heterocycles. The molecule has 1 aromatic carbocycles. The van der Waals surface area contributed by atoms with Crippen molar-refractivity contribution in [2.24, 2.45) is 17.2 Å². The van der Waals surface area contributed by atoms with Gasteiger partial charge in [0.15, 0.2) is 0 Å². The van der Waals surface area contributed by atoms with Crippen molar-refractivity contribution >= 4 is 17.3 Å². The zero-order valence-corrected chi connectivity index (χ0v) is 12.8. The van der Waals surface area contributed by atoms with Gasteiger partial charge in [-0.1, -0.05) is 33.8 Å². The molecule has 0 fully saturated rings. The summed E-state index contributed by atoms with van der Waals surface area (Å²) in [7, 11) is 0. The predicted octanol–water partition coefficient (Wildman–Crippen LogP) is 2.29. The summed E-state index contributed by atoms with van der Waals surface area (Å²) in [5, 5.41) is 13.7. The van der Waals surface area contributed by atoms with E-state index in [-0.39, 0.29) is 28.3 Å². The number of nitrogens with zero attached hydrogens (tertiary/aromatic N) is 1. The van der Waals surface area contributed by atoms with Gasteiger partial charge in [-0.3, -0.25) is 20.8 Å². The van der Waals surface area contributed by atoms with E-state index in [1.807, 2.05) is 13.8 Å². The molecule has 7 nitrogen and oxygen atoms in total. The number of hydrogen-bond acceptors (Lipinski definition) is 5. The number of benzene rings is 1. The first-order valence-electron chi connectivity index (χ1n) is 6.73. The maximum absolute atomic E-state index is 12.2. The van der Waals surface area contributed by atoms with Crippen molar-refractivity contribution in [3.8, 4) is 0 Å². The lowest BCUT2D eigenvalue weighted by molar-refractivity contribution is -0.384. The molecule has 0 spiro atoms. The number of nitrogens with one attached hydrogen (secondary N) is 2. The van der Waals surface area contributed by atoms with Crippen LogP contribution in [0.2, 0.25) is 0 Å². The number of rotatable bonds is 6. The minimum absolute atomic E-state index is 0.0161. The van der Waals surface area contributed by atoms with Crippen LogP contribution in [0.25, 0.3) is 0 Å². The summed E-state index contributed by atoms with van der Waals surface area (Å²) < 4.78 is 0. The molecule has 21 heavy (non-hydrogen) atoms. The number of para-hydroxylation sites is 1. The van der Waals surface area contributed by atoms with Gasteiger partial charge in [0.1, 0.15) is 5.69 Å². The Bertz CT molecular complexity index is 541. The number of nitro groups is 1. The third-order valence-electron chi connectivity index (χ3n) is 3.90. The molecular weight excluding hydrogens is 272 g/mol. The van der Waals surface area contributed by atoms with Crippen molar-refractivity contribution in [1.29, 1.82) is 0 Å². The number of carbonyl (C=O) groups excluding carboxylic acids is 1. The summed E-state index contributed by atoms with van der Waals surface area (Å²) in [4.78, 5) is 22.6. The van der Waals surface area contributed by atoms with Gasteiger partial charge in [0.05, 0.1) is 10.5 Å². The molecule has 0 atom stereocenters. The maximum Gasteiger partial charge on any atom is 0.294 e. The molecule has 0 aliphatic rings. The normalized spacial score (nSPS) is 11.3. The van der Waals surface area contributed by atoms with E-state index in [1.165, 1.54) is 18.2 Å². The molecule has 0 saturated heterocycles. The molecule has 1 aromatic rings. The smallest absolute Gasteiger partial charge is 0.294 e.